The lowest BCUT2D eigenvalue weighted by molar-refractivity contribution is 0.236. The fourth-order valence-electron chi connectivity index (χ4n) is 3.70. The highest BCUT2D eigenvalue weighted by Gasteiger charge is 2.43. The maximum atomic E-state index is 14.0. The van der Waals surface area contributed by atoms with Crippen molar-refractivity contribution in [3.63, 3.8) is 0 Å². The molecular formula is C26H32N3O6PS. The molecule has 0 fully saturated rings. The van der Waals surface area contributed by atoms with Gasteiger partial charge in [0.15, 0.2) is 5.28 Å². The van der Waals surface area contributed by atoms with Crippen molar-refractivity contribution >= 4 is 29.1 Å². The Morgan fingerprint density at radius 1 is 1.05 bits per heavy atom. The van der Waals surface area contributed by atoms with Crippen LogP contribution in [0.3, 0.4) is 0 Å². The molecule has 3 rings (SSSR count). The highest BCUT2D eigenvalue weighted by atomic mass is 32.2. The van der Waals surface area contributed by atoms with E-state index in [9.17, 15) is 17.5 Å². The number of nitrogens with one attached hydrogen (secondary N) is 1. The summed E-state index contributed by atoms with van der Waals surface area (Å²) >= 11 is 0. The summed E-state index contributed by atoms with van der Waals surface area (Å²) in [7, 11) is -7.57. The van der Waals surface area contributed by atoms with Crippen LogP contribution in [0, 0.1) is 6.92 Å². The third kappa shape index (κ3) is 6.90. The molecule has 0 saturated heterocycles. The Bertz CT molecular complexity index is 1380. The van der Waals surface area contributed by atoms with E-state index in [2.05, 4.69) is 10.3 Å². The van der Waals surface area contributed by atoms with Gasteiger partial charge in [-0.1, -0.05) is 12.1 Å². The first-order chi connectivity index (χ1) is 17.4. The summed E-state index contributed by atoms with van der Waals surface area (Å²) in [6, 6.07) is 14.8. The molecule has 198 valence electrons. The first-order valence-corrected chi connectivity index (χ1v) is 14.4. The first-order valence-electron chi connectivity index (χ1n) is 11.8. The molecule has 0 bridgehead atoms. The molecule has 1 N–H and O–H groups in total. The van der Waals surface area contributed by atoms with E-state index >= 15 is 0 Å². The van der Waals surface area contributed by atoms with Crippen LogP contribution in [-0.2, 0) is 19.2 Å². The average molecular weight is 546 g/mol. The Balaban J connectivity index is 1.99. The quantitative estimate of drug-likeness (QED) is 0.225. The third-order valence-corrected chi connectivity index (χ3v) is 8.59. The highest BCUT2D eigenvalue weighted by molar-refractivity contribution is 7.93. The summed E-state index contributed by atoms with van der Waals surface area (Å²) in [4.78, 5) is 3.85. The van der Waals surface area contributed by atoms with E-state index in [-0.39, 0.29) is 22.4 Å². The van der Waals surface area contributed by atoms with Gasteiger partial charge >= 0.3 is 7.68 Å². The van der Waals surface area contributed by atoms with Gasteiger partial charge in [-0.15, -0.1) is 0 Å². The average Bonchev–Trinajstić information content (AvgIpc) is 2.82. The fourth-order valence-corrected chi connectivity index (χ4v) is 6.27. The van der Waals surface area contributed by atoms with E-state index in [0.717, 1.165) is 9.99 Å². The minimum absolute atomic E-state index is 0.126. The van der Waals surface area contributed by atoms with Gasteiger partial charge in [0.25, 0.3) is 10.0 Å². The van der Waals surface area contributed by atoms with Crippen molar-refractivity contribution in [2.24, 2.45) is 0 Å². The number of para-hydroxylation sites is 1. The van der Waals surface area contributed by atoms with Gasteiger partial charge in [0, 0.05) is 30.7 Å². The van der Waals surface area contributed by atoms with Crippen LogP contribution in [0.15, 0.2) is 71.9 Å². The molecule has 1 aromatic heterocycles. The van der Waals surface area contributed by atoms with Crippen LogP contribution in [0.2, 0.25) is 0 Å². The summed E-state index contributed by atoms with van der Waals surface area (Å²) in [6.45, 7) is 8.85. The molecule has 0 unspecified atom stereocenters. The van der Waals surface area contributed by atoms with Crippen molar-refractivity contribution in [1.29, 1.82) is 0 Å². The van der Waals surface area contributed by atoms with Crippen molar-refractivity contribution in [3.05, 3.63) is 72.6 Å². The van der Waals surface area contributed by atoms with E-state index in [4.69, 9.17) is 9.47 Å². The summed E-state index contributed by atoms with van der Waals surface area (Å²) in [5.74, 6) is 0.557. The fraction of sp³-hybridized carbons (Fsp3) is 0.346. The van der Waals surface area contributed by atoms with Crippen molar-refractivity contribution in [2.75, 3.05) is 22.8 Å². The van der Waals surface area contributed by atoms with Crippen LogP contribution >= 0.6 is 7.68 Å². The van der Waals surface area contributed by atoms with E-state index in [1.54, 1.807) is 63.5 Å². The molecule has 0 spiro atoms. The Kier molecular flexibility index (Phi) is 8.99. The maximum Gasteiger partial charge on any atom is 0.342 e. The zero-order valence-corrected chi connectivity index (χ0v) is 23.3. The molecule has 0 amide bonds. The minimum atomic E-state index is -4.38. The van der Waals surface area contributed by atoms with Crippen LogP contribution in [0.5, 0.6) is 11.5 Å². The number of rotatable bonds is 12. The number of benzene rings is 2. The van der Waals surface area contributed by atoms with Crippen molar-refractivity contribution in [1.82, 2.24) is 4.98 Å². The van der Waals surface area contributed by atoms with Crippen molar-refractivity contribution < 1.29 is 27.0 Å². The number of pyridine rings is 1. The van der Waals surface area contributed by atoms with Gasteiger partial charge in [0.1, 0.15) is 23.0 Å². The maximum absolute atomic E-state index is 14.0. The van der Waals surface area contributed by atoms with Gasteiger partial charge in [0.05, 0.1) is 11.8 Å². The van der Waals surface area contributed by atoms with Gasteiger partial charge in [-0.3, -0.25) is 4.98 Å². The van der Waals surface area contributed by atoms with Gasteiger partial charge in [-0.05, 0) is 76.6 Å². The number of ether oxygens (including phenoxy) is 2. The Hall–Kier alpha value is -3.36. The molecule has 0 radical (unpaired) electrons. The molecule has 0 aliphatic heterocycles. The number of hydrogen-bond acceptors (Lipinski definition) is 8. The van der Waals surface area contributed by atoms with Gasteiger partial charge in [-0.2, -0.15) is 0 Å². The summed E-state index contributed by atoms with van der Waals surface area (Å²) in [6.07, 6.45) is 3.07. The zero-order valence-electron chi connectivity index (χ0n) is 21.5. The normalized spacial score (nSPS) is 11.7. The van der Waals surface area contributed by atoms with Gasteiger partial charge in [-0.25, -0.2) is 21.9 Å². The van der Waals surface area contributed by atoms with E-state index < -0.39 is 23.0 Å². The van der Waals surface area contributed by atoms with E-state index in [0.29, 0.717) is 24.5 Å². The lowest BCUT2D eigenvalue weighted by Crippen LogP contribution is -2.45. The number of aromatic nitrogens is 1. The second kappa shape index (κ2) is 11.8. The summed E-state index contributed by atoms with van der Waals surface area (Å²) in [5, 5.41) is 1.42. The topological polar surface area (TPSA) is 115 Å². The van der Waals surface area contributed by atoms with Crippen molar-refractivity contribution in [2.45, 2.75) is 50.9 Å². The molecule has 0 saturated carbocycles. The predicted octanol–water partition coefficient (Wildman–Crippen LogP) is 5.77. The predicted molar refractivity (Wildman–Crippen MR) is 144 cm³/mol. The molecule has 37 heavy (non-hydrogen) atoms. The van der Waals surface area contributed by atoms with E-state index in [1.165, 1.54) is 26.0 Å². The second-order valence-electron chi connectivity index (χ2n) is 9.15. The number of sulfonamides is 1. The number of nitrogens with zero attached hydrogens (tertiary/aromatic N) is 2. The summed E-state index contributed by atoms with van der Waals surface area (Å²) in [5.41, 5.74) is 1.77. The molecular weight excluding hydrogens is 513 g/mol. The molecule has 1 heterocycles. The van der Waals surface area contributed by atoms with Crippen LogP contribution in [0.4, 0.5) is 11.4 Å². The van der Waals surface area contributed by atoms with Crippen molar-refractivity contribution in [3.8, 4) is 11.5 Å². The van der Waals surface area contributed by atoms with Gasteiger partial charge < -0.3 is 14.8 Å². The number of aryl methyl sites for hydroxylation is 1. The lowest BCUT2D eigenvalue weighted by atomic mass is 10.2. The number of hydrogen-bond donors (Lipinski definition) is 1. The largest absolute Gasteiger partial charge is 0.492 e. The molecule has 2 aromatic carbocycles. The number of anilines is 2. The molecule has 0 aliphatic rings. The minimum Gasteiger partial charge on any atom is -0.492 e. The molecule has 0 atom stereocenters. The Labute approximate surface area is 218 Å². The smallest absolute Gasteiger partial charge is 0.342 e. The van der Waals surface area contributed by atoms with Gasteiger partial charge in [0.2, 0.25) is 0 Å². The third-order valence-electron chi connectivity index (χ3n) is 5.32. The van der Waals surface area contributed by atoms with Crippen LogP contribution in [0.25, 0.3) is 0 Å². The van der Waals surface area contributed by atoms with E-state index in [1.807, 2.05) is 12.1 Å². The molecule has 3 aromatic rings. The Morgan fingerprint density at radius 3 is 2.38 bits per heavy atom. The second-order valence-corrected chi connectivity index (χ2v) is 12.5. The first kappa shape index (κ1) is 28.2. The lowest BCUT2D eigenvalue weighted by Gasteiger charge is -2.34. The molecule has 9 nitrogen and oxygen atoms in total. The standard InChI is InChI=1S/C26H32N3O6PS/c1-19(2)35-24-8-6-7-9-25(24)37(32,33)29(26(4,5)36(30)31)22-16-20(3)17-23(18-22)34-15-14-28-21-10-12-27-13-11-21/h6-13,16-19H,14-15H2,1-5H3,(H,27,28). The Morgan fingerprint density at radius 2 is 1.73 bits per heavy atom. The van der Waals surface area contributed by atoms with Crippen LogP contribution < -0.4 is 19.1 Å². The monoisotopic (exact) mass is 545 g/mol. The summed E-state index contributed by atoms with van der Waals surface area (Å²) < 4.78 is 65.4. The molecule has 0 aliphatic carbocycles. The zero-order chi connectivity index (χ0) is 27.2. The SMILES string of the molecule is Cc1cc(OCCNc2ccncc2)cc(N(C(C)(C)P(=O)=O)S(=O)(=O)c2ccccc2OC(C)C)c1. The van der Waals surface area contributed by atoms with Crippen LogP contribution in [-0.4, -0.2) is 37.9 Å². The van der Waals surface area contributed by atoms with Crippen LogP contribution in [0.1, 0.15) is 33.3 Å². The molecule has 11 heteroatoms. The highest BCUT2D eigenvalue weighted by Crippen LogP contribution is 2.43.